The average Bonchev–Trinajstić information content (AvgIpc) is 3.03. The third kappa shape index (κ3) is 8.03. The molecule has 1 unspecified atom stereocenters. The predicted octanol–water partition coefficient (Wildman–Crippen LogP) is 6.53. The molecule has 0 fully saturated rings. The Hall–Kier alpha value is -2.61. The van der Waals surface area contributed by atoms with Gasteiger partial charge in [0.05, 0.1) is 10.5 Å². The number of hydrogen-bond acceptors (Lipinski definition) is 5. The van der Waals surface area contributed by atoms with Crippen LogP contribution in [0.15, 0.2) is 94.9 Å². The van der Waals surface area contributed by atoms with E-state index in [9.17, 15) is 14.7 Å². The third-order valence-corrected chi connectivity index (χ3v) is 5.90. The number of ether oxygens (including phenoxy) is 1. The Labute approximate surface area is 209 Å². The normalized spacial score (nSPS) is 15.2. The van der Waals surface area contributed by atoms with Gasteiger partial charge in [-0.1, -0.05) is 42.5 Å². The number of nitrogens with zero attached hydrogens (tertiary/aromatic N) is 1. The van der Waals surface area contributed by atoms with Crippen LogP contribution in [0.25, 0.3) is 0 Å². The van der Waals surface area contributed by atoms with Gasteiger partial charge < -0.3 is 14.7 Å². The molecule has 174 valence electrons. The highest BCUT2D eigenvalue weighted by atomic mass is 35.5. The van der Waals surface area contributed by atoms with Crippen molar-refractivity contribution in [3.05, 3.63) is 99.9 Å². The Bertz CT molecular complexity index is 1080. The fraction of sp³-hybridized carbons (Fsp3) is 0.200. The number of hydrogen-bond donors (Lipinski definition) is 2. The topological polar surface area (TPSA) is 66.8 Å². The molecule has 0 saturated heterocycles. The van der Waals surface area contributed by atoms with E-state index in [0.717, 1.165) is 0 Å². The van der Waals surface area contributed by atoms with E-state index in [2.05, 4.69) is 19.2 Å². The zero-order valence-electron chi connectivity index (χ0n) is 18.6. The van der Waals surface area contributed by atoms with Crippen LogP contribution in [-0.2, 0) is 14.3 Å². The van der Waals surface area contributed by atoms with Gasteiger partial charge in [-0.2, -0.15) is 12.6 Å². The Morgan fingerprint density at radius 3 is 2.70 bits per heavy atom. The standard InChI is InChI=1S/C25H26ClNO4S2/c1-5-22(31-16(2)18-9-6-7-10-19(13-18)25(29)30)15-23(33-17(3)32)24(28)27(4)21-12-8-11-20(26)14-21/h5,7-15,17,32H,2,6H2,1,3-4H3,(H,29,30)/b22-5-,23-15+. The molecule has 33 heavy (non-hydrogen) atoms. The first-order chi connectivity index (χ1) is 15.6. The molecule has 1 aliphatic rings. The number of rotatable bonds is 9. The van der Waals surface area contributed by atoms with Crippen molar-refractivity contribution in [2.24, 2.45) is 0 Å². The smallest absolute Gasteiger partial charge is 0.335 e. The number of carboxylic acids is 1. The summed E-state index contributed by atoms with van der Waals surface area (Å²) in [5.74, 6) is -0.606. The first-order valence-electron chi connectivity index (χ1n) is 10.1. The number of allylic oxidation sites excluding steroid dienone is 5. The van der Waals surface area contributed by atoms with E-state index in [-0.39, 0.29) is 21.8 Å². The number of amides is 1. The molecule has 0 aromatic heterocycles. The number of carbonyl (C=O) groups is 2. The second-order valence-electron chi connectivity index (χ2n) is 6.99. The molecule has 1 aromatic carbocycles. The van der Waals surface area contributed by atoms with E-state index in [1.54, 1.807) is 62.5 Å². The molecule has 0 heterocycles. The zero-order valence-corrected chi connectivity index (χ0v) is 21.1. The first kappa shape index (κ1) is 26.6. The van der Waals surface area contributed by atoms with Gasteiger partial charge >= 0.3 is 5.97 Å². The van der Waals surface area contributed by atoms with E-state index in [1.807, 2.05) is 13.0 Å². The highest BCUT2D eigenvalue weighted by Crippen LogP contribution is 2.30. The van der Waals surface area contributed by atoms with Crippen LogP contribution >= 0.6 is 36.0 Å². The minimum absolute atomic E-state index is 0.138. The van der Waals surface area contributed by atoms with Crippen LogP contribution in [0.3, 0.4) is 0 Å². The first-order valence-corrected chi connectivity index (χ1v) is 11.8. The van der Waals surface area contributed by atoms with Crippen molar-refractivity contribution in [3.63, 3.8) is 0 Å². The number of aliphatic carboxylic acids is 1. The molecule has 8 heteroatoms. The maximum atomic E-state index is 13.3. The van der Waals surface area contributed by atoms with Crippen molar-refractivity contribution in [2.45, 2.75) is 24.9 Å². The molecule has 2 rings (SSSR count). The second kappa shape index (κ2) is 12.6. The van der Waals surface area contributed by atoms with Crippen LogP contribution in [-0.4, -0.2) is 28.6 Å². The number of thioether (sulfide) groups is 1. The summed E-state index contributed by atoms with van der Waals surface area (Å²) in [6.07, 6.45) is 10.5. The molecule has 1 atom stereocenters. The molecule has 0 aliphatic heterocycles. The Kier molecular flexibility index (Phi) is 10.2. The van der Waals surface area contributed by atoms with Gasteiger partial charge in [-0.15, -0.1) is 11.8 Å². The van der Waals surface area contributed by atoms with Crippen molar-refractivity contribution in [2.75, 3.05) is 11.9 Å². The third-order valence-electron chi connectivity index (χ3n) is 4.46. The minimum atomic E-state index is -1.03. The van der Waals surface area contributed by atoms with Crippen LogP contribution in [0.5, 0.6) is 0 Å². The van der Waals surface area contributed by atoms with E-state index >= 15 is 0 Å². The average molecular weight is 504 g/mol. The van der Waals surface area contributed by atoms with Crippen LogP contribution in [0.4, 0.5) is 5.69 Å². The molecular formula is C25H26ClNO4S2. The molecule has 0 bridgehead atoms. The van der Waals surface area contributed by atoms with E-state index in [1.165, 1.54) is 22.7 Å². The number of carboxylic acid groups (broad SMARTS) is 1. The SMILES string of the molecule is C=C(OC(=C\C)/C=C(/SC(C)S)C(=O)N(C)c1cccc(Cl)c1)C1=CCC=CC(C(=O)O)=C1. The molecule has 1 N–H and O–H groups in total. The van der Waals surface area contributed by atoms with Crippen LogP contribution in [0, 0.1) is 0 Å². The lowest BCUT2D eigenvalue weighted by Crippen LogP contribution is -2.27. The summed E-state index contributed by atoms with van der Waals surface area (Å²) in [5.41, 5.74) is 1.35. The lowest BCUT2D eigenvalue weighted by Gasteiger charge is -2.20. The fourth-order valence-corrected chi connectivity index (χ4v) is 4.11. The van der Waals surface area contributed by atoms with Gasteiger partial charge in [0.25, 0.3) is 5.91 Å². The fourth-order valence-electron chi connectivity index (χ4n) is 2.79. The molecule has 0 spiro atoms. The van der Waals surface area contributed by atoms with Crippen molar-refractivity contribution in [1.29, 1.82) is 0 Å². The summed E-state index contributed by atoms with van der Waals surface area (Å²) in [6.45, 7) is 7.59. The van der Waals surface area contributed by atoms with Gasteiger partial charge in [-0.3, -0.25) is 4.79 Å². The summed E-state index contributed by atoms with van der Waals surface area (Å²) >= 11 is 11.8. The number of thiol groups is 1. The van der Waals surface area contributed by atoms with Gasteiger partial charge in [0.15, 0.2) is 0 Å². The van der Waals surface area contributed by atoms with Crippen LogP contribution < -0.4 is 4.90 Å². The van der Waals surface area contributed by atoms with Crippen molar-refractivity contribution < 1.29 is 19.4 Å². The highest BCUT2D eigenvalue weighted by Gasteiger charge is 2.20. The summed E-state index contributed by atoms with van der Waals surface area (Å²) in [6, 6.07) is 7.02. The number of likely N-dealkylation sites (N-methyl/N-ethyl adjacent to an activating group) is 1. The van der Waals surface area contributed by atoms with Crippen molar-refractivity contribution >= 4 is 53.6 Å². The summed E-state index contributed by atoms with van der Waals surface area (Å²) < 4.78 is 5.77. The quantitative estimate of drug-likeness (QED) is 0.132. The second-order valence-corrected chi connectivity index (χ2v) is 9.93. The maximum absolute atomic E-state index is 13.3. The van der Waals surface area contributed by atoms with Gasteiger partial charge in [0.1, 0.15) is 11.5 Å². The van der Waals surface area contributed by atoms with Crippen molar-refractivity contribution in [1.82, 2.24) is 0 Å². The molecule has 5 nitrogen and oxygen atoms in total. The number of benzene rings is 1. The van der Waals surface area contributed by atoms with Gasteiger partial charge in [0.2, 0.25) is 0 Å². The minimum Gasteiger partial charge on any atom is -0.478 e. The lowest BCUT2D eigenvalue weighted by molar-refractivity contribution is -0.132. The molecular weight excluding hydrogens is 478 g/mol. The largest absolute Gasteiger partial charge is 0.478 e. The van der Waals surface area contributed by atoms with E-state index < -0.39 is 5.97 Å². The zero-order chi connectivity index (χ0) is 24.5. The molecule has 1 aliphatic carbocycles. The van der Waals surface area contributed by atoms with Gasteiger partial charge in [-0.25, -0.2) is 4.79 Å². The Morgan fingerprint density at radius 1 is 1.36 bits per heavy atom. The van der Waals surface area contributed by atoms with Crippen LogP contribution in [0.2, 0.25) is 5.02 Å². The van der Waals surface area contributed by atoms with Crippen molar-refractivity contribution in [3.8, 4) is 0 Å². The van der Waals surface area contributed by atoms with Gasteiger partial charge in [0, 0.05) is 27.9 Å². The maximum Gasteiger partial charge on any atom is 0.335 e. The lowest BCUT2D eigenvalue weighted by atomic mass is 10.1. The monoisotopic (exact) mass is 503 g/mol. The van der Waals surface area contributed by atoms with E-state index in [4.69, 9.17) is 16.3 Å². The molecule has 0 radical (unpaired) electrons. The number of carbonyl (C=O) groups excluding carboxylic acids is 1. The summed E-state index contributed by atoms with van der Waals surface area (Å²) in [7, 11) is 1.67. The Balaban J connectivity index is 2.29. The molecule has 1 amide bonds. The molecule has 0 saturated carbocycles. The summed E-state index contributed by atoms with van der Waals surface area (Å²) in [4.78, 5) is 26.6. The number of halogens is 1. The number of anilines is 1. The predicted molar refractivity (Wildman–Crippen MR) is 141 cm³/mol. The van der Waals surface area contributed by atoms with Gasteiger partial charge in [-0.05, 0) is 56.7 Å². The highest BCUT2D eigenvalue weighted by molar-refractivity contribution is 8.13. The van der Waals surface area contributed by atoms with Crippen LogP contribution in [0.1, 0.15) is 20.3 Å². The Morgan fingerprint density at radius 2 is 2.09 bits per heavy atom. The summed E-state index contributed by atoms with van der Waals surface area (Å²) in [5, 5.41) is 9.85. The van der Waals surface area contributed by atoms with E-state index in [0.29, 0.717) is 33.4 Å². The molecule has 1 aromatic rings.